The highest BCUT2D eigenvalue weighted by atomic mass is 32.2. The lowest BCUT2D eigenvalue weighted by molar-refractivity contribution is -0.159. The van der Waals surface area contributed by atoms with Gasteiger partial charge in [-0.05, 0) is 79.5 Å². The lowest BCUT2D eigenvalue weighted by Crippen LogP contribution is -2.66. The van der Waals surface area contributed by atoms with Gasteiger partial charge in [0.15, 0.2) is 0 Å². The average molecular weight is 715 g/mol. The molecule has 272 valence electrons. The highest BCUT2D eigenvalue weighted by molar-refractivity contribution is 7.90. The van der Waals surface area contributed by atoms with Gasteiger partial charge in [-0.1, -0.05) is 56.7 Å². The quantitative estimate of drug-likeness (QED) is 0.433. The number of carbonyl (C=O) groups excluding carboxylic acids is 2. The summed E-state index contributed by atoms with van der Waals surface area (Å²) >= 11 is 0. The van der Waals surface area contributed by atoms with Gasteiger partial charge in [0.05, 0.1) is 54.7 Å². The summed E-state index contributed by atoms with van der Waals surface area (Å²) in [5, 5.41) is 0.500. The molecule has 4 heterocycles. The van der Waals surface area contributed by atoms with E-state index in [4.69, 9.17) is 9.47 Å². The van der Waals surface area contributed by atoms with Gasteiger partial charge in [0, 0.05) is 36.6 Å². The van der Waals surface area contributed by atoms with Crippen LogP contribution >= 0.6 is 0 Å². The van der Waals surface area contributed by atoms with Gasteiger partial charge in [-0.15, -0.1) is 0 Å². The number of sulfonamides is 1. The van der Waals surface area contributed by atoms with E-state index in [0.29, 0.717) is 50.5 Å². The molecule has 9 rings (SSSR count). The minimum Gasteiger partial charge on any atom is -0.496 e. The molecule has 1 N–H and O–H groups in total. The Hall–Kier alpha value is -3.41. The van der Waals surface area contributed by atoms with E-state index < -0.39 is 21.2 Å². The maximum atomic E-state index is 15.0. The fourth-order valence-corrected chi connectivity index (χ4v) is 12.1. The molecule has 51 heavy (non-hydrogen) atoms. The fraction of sp³-hybridized carbons (Fsp3) is 0.600. The van der Waals surface area contributed by atoms with Crippen LogP contribution in [0.25, 0.3) is 10.9 Å². The van der Waals surface area contributed by atoms with E-state index >= 15 is 0 Å². The van der Waals surface area contributed by atoms with Crippen LogP contribution in [0.3, 0.4) is 0 Å². The number of rotatable bonds is 6. The zero-order chi connectivity index (χ0) is 35.0. The molecule has 10 nitrogen and oxygen atoms in total. The predicted octanol–water partition coefficient (Wildman–Crippen LogP) is 5.30. The second-order valence-electron chi connectivity index (χ2n) is 16.1. The molecule has 2 aromatic rings. The van der Waals surface area contributed by atoms with E-state index in [2.05, 4.69) is 56.5 Å². The number of ether oxygens (including phenoxy) is 2. The van der Waals surface area contributed by atoms with Crippen LogP contribution in [0, 0.1) is 5.92 Å². The van der Waals surface area contributed by atoms with Crippen LogP contribution in [0.2, 0.25) is 0 Å². The number of allylic oxidation sites excluding steroid dienone is 4. The van der Waals surface area contributed by atoms with Gasteiger partial charge >= 0.3 is 0 Å². The number of piperazine rings is 1. The van der Waals surface area contributed by atoms with E-state index in [1.54, 1.807) is 7.11 Å². The number of methoxy groups -OCH3 is 1. The number of amides is 2. The predicted molar refractivity (Wildman–Crippen MR) is 195 cm³/mol. The lowest BCUT2D eigenvalue weighted by Gasteiger charge is -2.50. The van der Waals surface area contributed by atoms with Crippen molar-refractivity contribution in [1.29, 1.82) is 0 Å². The number of benzene rings is 1. The van der Waals surface area contributed by atoms with Crippen molar-refractivity contribution in [3.63, 3.8) is 0 Å². The van der Waals surface area contributed by atoms with Gasteiger partial charge in [0.2, 0.25) is 15.9 Å². The summed E-state index contributed by atoms with van der Waals surface area (Å²) in [6.07, 6.45) is 14.6. The summed E-state index contributed by atoms with van der Waals surface area (Å²) in [5.74, 6) is 0.164. The Labute approximate surface area is 300 Å². The number of fused-ring (bicyclic) bond motifs is 8. The third-order valence-corrected chi connectivity index (χ3v) is 14.8. The van der Waals surface area contributed by atoms with Crippen LogP contribution in [-0.2, 0) is 30.9 Å². The van der Waals surface area contributed by atoms with Crippen molar-refractivity contribution >= 4 is 32.7 Å². The number of hydrogen-bond donors (Lipinski definition) is 1. The number of hydrogen-bond acceptors (Lipinski definition) is 7. The van der Waals surface area contributed by atoms with Crippen molar-refractivity contribution < 1.29 is 27.5 Å². The van der Waals surface area contributed by atoms with Crippen LogP contribution in [0.4, 0.5) is 0 Å². The topological polar surface area (TPSA) is 110 Å². The van der Waals surface area contributed by atoms with E-state index in [9.17, 15) is 18.0 Å². The normalized spacial score (nSPS) is 28.6. The molecule has 11 heteroatoms. The summed E-state index contributed by atoms with van der Waals surface area (Å²) in [7, 11) is 0.0149. The van der Waals surface area contributed by atoms with Gasteiger partial charge in [0.1, 0.15) is 5.75 Å². The van der Waals surface area contributed by atoms with Crippen molar-refractivity contribution in [2.24, 2.45) is 5.92 Å². The number of morpholine rings is 1. The Bertz CT molecular complexity index is 1970. The summed E-state index contributed by atoms with van der Waals surface area (Å²) in [6.45, 7) is 3.06. The zero-order valence-corrected chi connectivity index (χ0v) is 30.7. The third kappa shape index (κ3) is 5.60. The molecular weight excluding hydrogens is 665 g/mol. The molecule has 2 amide bonds. The molecular formula is C40H50N4O6S. The second-order valence-corrected chi connectivity index (χ2v) is 18.0. The molecule has 1 aromatic carbocycles. The lowest BCUT2D eigenvalue weighted by atomic mass is 9.75. The minimum atomic E-state index is -3.81. The Balaban J connectivity index is 1.18. The Morgan fingerprint density at radius 3 is 2.37 bits per heavy atom. The molecule has 1 aromatic heterocycles. The molecule has 4 fully saturated rings. The standard InChI is InChI=1S/C40H50N4O6S/c1-42-19-25-22-50-23-26(20-42)44(25)40(46)30-15-9-14-29-35(30)33-18-31-34(49-2)17-16-28(24-10-5-3-6-11-24)38(31)43(33)21-32-36(29)37(32)39(45)41-51(47,48)27-12-7-4-8-13-27/h9,14,16-18,24-27,30,35H,3-8,10-13,15,19-23H2,1-2H3,(H,41,45)/t25-,26+,30-,35?/m1/s1. The van der Waals surface area contributed by atoms with Gasteiger partial charge in [0.25, 0.3) is 5.91 Å². The number of aromatic nitrogens is 1. The van der Waals surface area contributed by atoms with E-state index in [-0.39, 0.29) is 29.8 Å². The van der Waals surface area contributed by atoms with E-state index in [1.807, 2.05) is 0 Å². The zero-order valence-electron chi connectivity index (χ0n) is 29.9. The molecule has 0 radical (unpaired) electrons. The van der Waals surface area contributed by atoms with Crippen molar-refractivity contribution in [3.8, 4) is 5.75 Å². The maximum absolute atomic E-state index is 15.0. The monoisotopic (exact) mass is 714 g/mol. The average Bonchev–Trinajstić information content (AvgIpc) is 3.77. The maximum Gasteiger partial charge on any atom is 0.265 e. The Kier molecular flexibility index (Phi) is 8.47. The number of carbonyl (C=O) groups is 2. The summed E-state index contributed by atoms with van der Waals surface area (Å²) in [4.78, 5) is 33.4. The van der Waals surface area contributed by atoms with Crippen LogP contribution in [-0.4, -0.2) is 92.4 Å². The number of nitrogens with one attached hydrogen (secondary N) is 1. The van der Waals surface area contributed by atoms with E-state index in [0.717, 1.165) is 84.3 Å². The van der Waals surface area contributed by atoms with Crippen LogP contribution in [0.15, 0.2) is 52.6 Å². The molecule has 2 saturated carbocycles. The fourth-order valence-electron chi connectivity index (χ4n) is 10.6. The number of likely N-dealkylation sites (N-methyl/N-ethyl adjacent to an activating group) is 1. The third-order valence-electron chi connectivity index (χ3n) is 13.0. The molecule has 4 aliphatic carbocycles. The first-order chi connectivity index (χ1) is 24.7. The summed E-state index contributed by atoms with van der Waals surface area (Å²) in [6, 6.07) is 6.55. The van der Waals surface area contributed by atoms with Crippen molar-refractivity contribution in [2.45, 2.75) is 106 Å². The highest BCUT2D eigenvalue weighted by Crippen LogP contribution is 2.55. The molecule has 7 aliphatic rings. The van der Waals surface area contributed by atoms with Crippen LogP contribution < -0.4 is 9.46 Å². The first-order valence-electron chi connectivity index (χ1n) is 19.2. The molecule has 0 spiro atoms. The summed E-state index contributed by atoms with van der Waals surface area (Å²) in [5.41, 5.74) is 6.64. The smallest absolute Gasteiger partial charge is 0.265 e. The molecule has 2 saturated heterocycles. The van der Waals surface area contributed by atoms with Gasteiger partial charge < -0.3 is 23.8 Å². The van der Waals surface area contributed by atoms with Crippen LogP contribution in [0.5, 0.6) is 5.75 Å². The number of nitrogens with zero attached hydrogens (tertiary/aromatic N) is 3. The molecule has 3 aliphatic heterocycles. The molecule has 2 bridgehead atoms. The van der Waals surface area contributed by atoms with Crippen molar-refractivity contribution in [2.75, 3.05) is 40.5 Å². The minimum absolute atomic E-state index is 0.00686. The highest BCUT2D eigenvalue weighted by Gasteiger charge is 2.50. The van der Waals surface area contributed by atoms with Crippen molar-refractivity contribution in [1.82, 2.24) is 19.1 Å². The first-order valence-corrected chi connectivity index (χ1v) is 20.8. The van der Waals surface area contributed by atoms with Crippen LogP contribution in [0.1, 0.15) is 93.7 Å². The summed E-state index contributed by atoms with van der Waals surface area (Å²) < 4.78 is 43.7. The SMILES string of the molecule is COc1ccc(C2CCCCC2)c2c1cc1n2CC2=C(C(=O)NS(=O)(=O)C3CCCCC3)C2=C2C=CC[C@@H](C(=O)N3[C@@H]4COC[C@H]3CN(C)C4)C21. The van der Waals surface area contributed by atoms with Gasteiger partial charge in [-0.2, -0.15) is 0 Å². The first kappa shape index (κ1) is 33.4. The van der Waals surface area contributed by atoms with Crippen molar-refractivity contribution in [3.05, 3.63) is 63.9 Å². The van der Waals surface area contributed by atoms with Gasteiger partial charge in [-0.25, -0.2) is 13.1 Å². The molecule has 4 atom stereocenters. The van der Waals surface area contributed by atoms with E-state index in [1.165, 1.54) is 24.8 Å². The Morgan fingerprint density at radius 1 is 0.961 bits per heavy atom. The molecule has 1 unspecified atom stereocenters. The van der Waals surface area contributed by atoms with Gasteiger partial charge in [-0.3, -0.25) is 9.59 Å². The second kappa shape index (κ2) is 12.9. The Morgan fingerprint density at radius 2 is 1.67 bits per heavy atom. The largest absolute Gasteiger partial charge is 0.496 e.